The molecule has 9 nitrogen and oxygen atoms in total. The summed E-state index contributed by atoms with van der Waals surface area (Å²) < 4.78 is 0. The van der Waals surface area contributed by atoms with E-state index in [1.165, 1.54) is 5.56 Å². The fourth-order valence-electron chi connectivity index (χ4n) is 4.71. The van der Waals surface area contributed by atoms with E-state index < -0.39 is 0 Å². The molecule has 6 aromatic heterocycles. The van der Waals surface area contributed by atoms with Gasteiger partial charge in [-0.2, -0.15) is 5.10 Å². The number of aromatic nitrogens is 8. The van der Waals surface area contributed by atoms with E-state index in [1.807, 2.05) is 55.0 Å². The third-order valence-corrected chi connectivity index (χ3v) is 6.65. The Bertz CT molecular complexity index is 1890. The first-order valence-electron chi connectivity index (χ1n) is 12.6. The highest BCUT2D eigenvalue weighted by Crippen LogP contribution is 2.31. The number of aromatic amines is 2. The van der Waals surface area contributed by atoms with Crippen molar-refractivity contribution >= 4 is 21.9 Å². The number of nitrogens with zero attached hydrogens (tertiary/aromatic N) is 6. The Hall–Kier alpha value is -5.28. The number of H-pyrrole nitrogens is 2. The highest BCUT2D eigenvalue weighted by Gasteiger charge is 2.16. The quantitative estimate of drug-likeness (QED) is 0.266. The maximum atomic E-state index is 4.92. The monoisotopic (exact) mass is 509 g/mol. The van der Waals surface area contributed by atoms with Crippen molar-refractivity contribution in [1.29, 1.82) is 0 Å². The van der Waals surface area contributed by atoms with Gasteiger partial charge in [0.25, 0.3) is 0 Å². The number of imidazole rings is 1. The van der Waals surface area contributed by atoms with E-state index in [1.54, 1.807) is 24.8 Å². The molecule has 0 aliphatic heterocycles. The van der Waals surface area contributed by atoms with Gasteiger partial charge in [0.2, 0.25) is 0 Å². The van der Waals surface area contributed by atoms with Gasteiger partial charge in [-0.3, -0.25) is 25.0 Å². The molecular formula is C30H23N9. The highest BCUT2D eigenvalue weighted by molar-refractivity contribution is 5.97. The lowest BCUT2D eigenvalue weighted by molar-refractivity contribution is 0.691. The molecule has 0 bridgehead atoms. The van der Waals surface area contributed by atoms with Crippen LogP contribution >= 0.6 is 0 Å². The van der Waals surface area contributed by atoms with E-state index in [0.717, 1.165) is 62.1 Å². The van der Waals surface area contributed by atoms with Gasteiger partial charge in [0.05, 0.1) is 34.6 Å². The van der Waals surface area contributed by atoms with Crippen LogP contribution in [0.25, 0.3) is 55.8 Å². The van der Waals surface area contributed by atoms with Crippen LogP contribution in [0, 0.1) is 0 Å². The van der Waals surface area contributed by atoms with Gasteiger partial charge in [-0.15, -0.1) is 0 Å². The predicted octanol–water partition coefficient (Wildman–Crippen LogP) is 5.31. The number of hydrogen-bond acceptors (Lipinski definition) is 7. The van der Waals surface area contributed by atoms with Crippen LogP contribution < -0.4 is 5.32 Å². The largest absolute Gasteiger partial charge is 0.335 e. The summed E-state index contributed by atoms with van der Waals surface area (Å²) in [6.07, 6.45) is 12.6. The molecule has 7 aromatic rings. The summed E-state index contributed by atoms with van der Waals surface area (Å²) in [5, 5.41) is 12.1. The van der Waals surface area contributed by atoms with Gasteiger partial charge in [0.15, 0.2) is 5.82 Å². The molecule has 188 valence electrons. The minimum Gasteiger partial charge on any atom is -0.335 e. The summed E-state index contributed by atoms with van der Waals surface area (Å²) in [6, 6.07) is 18.4. The normalized spacial score (nSPS) is 11.4. The molecule has 0 radical (unpaired) electrons. The Morgan fingerprint density at radius 3 is 2.46 bits per heavy atom. The number of benzene rings is 1. The van der Waals surface area contributed by atoms with E-state index in [0.29, 0.717) is 12.4 Å². The Balaban J connectivity index is 1.20. The summed E-state index contributed by atoms with van der Waals surface area (Å²) in [5.41, 5.74) is 9.25. The molecule has 0 amide bonds. The minimum atomic E-state index is 0.661. The molecule has 3 N–H and O–H groups in total. The summed E-state index contributed by atoms with van der Waals surface area (Å²) in [7, 11) is 0. The molecule has 0 saturated carbocycles. The van der Waals surface area contributed by atoms with Gasteiger partial charge in [0.1, 0.15) is 5.69 Å². The second-order valence-electron chi connectivity index (χ2n) is 9.26. The lowest BCUT2D eigenvalue weighted by Crippen LogP contribution is -2.12. The molecule has 6 heterocycles. The van der Waals surface area contributed by atoms with Gasteiger partial charge < -0.3 is 10.3 Å². The first-order chi connectivity index (χ1) is 19.3. The first kappa shape index (κ1) is 22.9. The molecule has 0 atom stereocenters. The van der Waals surface area contributed by atoms with E-state index in [2.05, 4.69) is 58.6 Å². The zero-order valence-corrected chi connectivity index (χ0v) is 20.8. The standard InChI is InChI=1S/C30H23N9/c1-2-4-19(5-3-1)12-32-13-20-10-22(15-33-14-20)25-11-23-26(18-35-25)38-39-29(23)30-36-27-17-34-16-24(28(27)37-30)21-6-8-31-9-7-21/h1-11,14-18,32H,12-13H2,(H,36,37)(H,38,39). The van der Waals surface area contributed by atoms with Crippen LogP contribution in [0.2, 0.25) is 0 Å². The predicted molar refractivity (Wildman–Crippen MR) is 150 cm³/mol. The molecule has 0 unspecified atom stereocenters. The molecule has 0 fully saturated rings. The highest BCUT2D eigenvalue weighted by atomic mass is 15.1. The van der Waals surface area contributed by atoms with Crippen LogP contribution in [0.5, 0.6) is 0 Å². The van der Waals surface area contributed by atoms with Crippen LogP contribution in [-0.2, 0) is 13.1 Å². The van der Waals surface area contributed by atoms with E-state index in [-0.39, 0.29) is 0 Å². The third-order valence-electron chi connectivity index (χ3n) is 6.65. The van der Waals surface area contributed by atoms with Crippen molar-refractivity contribution in [3.05, 3.63) is 109 Å². The average Bonchev–Trinajstić information content (AvgIpc) is 3.62. The zero-order chi connectivity index (χ0) is 26.0. The van der Waals surface area contributed by atoms with Crippen LogP contribution in [0.3, 0.4) is 0 Å². The summed E-state index contributed by atoms with van der Waals surface area (Å²) in [6.45, 7) is 1.51. The Kier molecular flexibility index (Phi) is 5.80. The van der Waals surface area contributed by atoms with Crippen molar-refractivity contribution in [1.82, 2.24) is 45.4 Å². The lowest BCUT2D eigenvalue weighted by Gasteiger charge is -2.07. The van der Waals surface area contributed by atoms with Crippen molar-refractivity contribution in [2.45, 2.75) is 13.1 Å². The van der Waals surface area contributed by atoms with E-state index in [9.17, 15) is 0 Å². The Labute approximate surface area is 223 Å². The fourth-order valence-corrected chi connectivity index (χ4v) is 4.71. The second kappa shape index (κ2) is 9.88. The number of fused-ring (bicyclic) bond motifs is 2. The molecule has 0 aliphatic rings. The van der Waals surface area contributed by atoms with Crippen molar-refractivity contribution in [2.24, 2.45) is 0 Å². The number of hydrogen-bond donors (Lipinski definition) is 3. The molecule has 7 rings (SSSR count). The van der Waals surface area contributed by atoms with E-state index in [4.69, 9.17) is 4.98 Å². The zero-order valence-electron chi connectivity index (χ0n) is 20.8. The van der Waals surface area contributed by atoms with Gasteiger partial charge in [-0.25, -0.2) is 4.98 Å². The minimum absolute atomic E-state index is 0.661. The number of rotatable bonds is 7. The molecule has 1 aromatic carbocycles. The number of pyridine rings is 4. The van der Waals surface area contributed by atoms with Crippen LogP contribution in [0.1, 0.15) is 11.1 Å². The molecule has 0 spiro atoms. The van der Waals surface area contributed by atoms with Gasteiger partial charge in [0, 0.05) is 60.6 Å². The maximum absolute atomic E-state index is 4.92. The maximum Gasteiger partial charge on any atom is 0.159 e. The van der Waals surface area contributed by atoms with E-state index >= 15 is 0 Å². The van der Waals surface area contributed by atoms with Gasteiger partial charge >= 0.3 is 0 Å². The molecule has 39 heavy (non-hydrogen) atoms. The SMILES string of the molecule is c1ccc(CNCc2cncc(-c3cc4c(-c5nc6c(-c7ccncc7)cncc6[nH]5)n[nH]c4cn3)c2)cc1. The smallest absolute Gasteiger partial charge is 0.159 e. The number of nitrogens with one attached hydrogen (secondary N) is 3. The Morgan fingerprint density at radius 2 is 1.56 bits per heavy atom. The molecule has 9 heteroatoms. The molecule has 0 saturated heterocycles. The van der Waals surface area contributed by atoms with Crippen molar-refractivity contribution < 1.29 is 0 Å². The van der Waals surface area contributed by atoms with Crippen molar-refractivity contribution in [3.8, 4) is 33.9 Å². The third kappa shape index (κ3) is 4.51. The summed E-state index contributed by atoms with van der Waals surface area (Å²) in [4.78, 5) is 26.0. The second-order valence-corrected chi connectivity index (χ2v) is 9.26. The topological polar surface area (TPSA) is 121 Å². The van der Waals surface area contributed by atoms with Crippen molar-refractivity contribution in [3.63, 3.8) is 0 Å². The Morgan fingerprint density at radius 1 is 0.718 bits per heavy atom. The summed E-state index contributed by atoms with van der Waals surface area (Å²) >= 11 is 0. The van der Waals surface area contributed by atoms with Gasteiger partial charge in [-0.1, -0.05) is 30.3 Å². The first-order valence-corrected chi connectivity index (χ1v) is 12.6. The van der Waals surface area contributed by atoms with Crippen LogP contribution in [0.4, 0.5) is 0 Å². The van der Waals surface area contributed by atoms with Crippen LogP contribution in [-0.4, -0.2) is 40.1 Å². The molecular weight excluding hydrogens is 486 g/mol. The van der Waals surface area contributed by atoms with Crippen molar-refractivity contribution in [2.75, 3.05) is 0 Å². The van der Waals surface area contributed by atoms with Crippen LogP contribution in [0.15, 0.2) is 98.0 Å². The van der Waals surface area contributed by atoms with Gasteiger partial charge in [-0.05, 0) is 41.0 Å². The fraction of sp³-hybridized carbons (Fsp3) is 0.0667. The molecule has 0 aliphatic carbocycles. The average molecular weight is 510 g/mol. The summed E-state index contributed by atoms with van der Waals surface area (Å²) in [5.74, 6) is 0.661. The lowest BCUT2D eigenvalue weighted by atomic mass is 10.1.